The minimum absolute atomic E-state index is 0.651. The Kier molecular flexibility index (Phi) is 7.90. The van der Waals surface area contributed by atoms with E-state index in [1.54, 1.807) is 14.2 Å². The van der Waals surface area contributed by atoms with Gasteiger partial charge in [-0.15, -0.1) is 0 Å². The lowest BCUT2D eigenvalue weighted by molar-refractivity contribution is 0.0341. The molecule has 1 aliphatic heterocycles. The van der Waals surface area contributed by atoms with Crippen LogP contribution >= 0.6 is 0 Å². The summed E-state index contributed by atoms with van der Waals surface area (Å²) in [6.45, 7) is 8.01. The molecule has 0 aromatic heterocycles. The molecule has 0 saturated carbocycles. The topological polar surface area (TPSA) is 58.1 Å². The van der Waals surface area contributed by atoms with Crippen LogP contribution in [0.4, 0.5) is 0 Å². The van der Waals surface area contributed by atoms with Gasteiger partial charge in [0.05, 0.1) is 20.3 Å². The maximum absolute atomic E-state index is 5.50. The predicted molar refractivity (Wildman–Crippen MR) is 117 cm³/mol. The maximum atomic E-state index is 5.50. The maximum Gasteiger partial charge on any atom is 0.191 e. The Labute approximate surface area is 173 Å². The second-order valence-corrected chi connectivity index (χ2v) is 7.25. The van der Waals surface area contributed by atoms with Gasteiger partial charge in [0.25, 0.3) is 0 Å². The van der Waals surface area contributed by atoms with Gasteiger partial charge in [-0.05, 0) is 29.7 Å². The van der Waals surface area contributed by atoms with Crippen molar-refractivity contribution in [3.05, 3.63) is 64.7 Å². The van der Waals surface area contributed by atoms with Gasteiger partial charge in [-0.25, -0.2) is 0 Å². The van der Waals surface area contributed by atoms with Gasteiger partial charge >= 0.3 is 0 Å². The Morgan fingerprint density at radius 3 is 2.41 bits per heavy atom. The fourth-order valence-electron chi connectivity index (χ4n) is 3.46. The fourth-order valence-corrected chi connectivity index (χ4v) is 3.46. The Morgan fingerprint density at radius 1 is 1.03 bits per heavy atom. The van der Waals surface area contributed by atoms with E-state index in [1.165, 1.54) is 16.7 Å². The van der Waals surface area contributed by atoms with E-state index in [2.05, 4.69) is 69.9 Å². The summed E-state index contributed by atoms with van der Waals surface area (Å²) in [4.78, 5) is 6.81. The van der Waals surface area contributed by atoms with Crippen LogP contribution in [0.2, 0.25) is 0 Å². The van der Waals surface area contributed by atoms with E-state index in [1.807, 2.05) is 0 Å². The monoisotopic (exact) mass is 396 g/mol. The van der Waals surface area contributed by atoms with Crippen molar-refractivity contribution in [2.75, 3.05) is 40.5 Å². The smallest absolute Gasteiger partial charge is 0.191 e. The molecule has 1 saturated heterocycles. The van der Waals surface area contributed by atoms with Crippen LogP contribution in [0.15, 0.2) is 47.5 Å². The lowest BCUT2D eigenvalue weighted by Gasteiger charge is -2.27. The number of nitrogens with zero attached hydrogens (tertiary/aromatic N) is 2. The largest absolute Gasteiger partial charge is 0.496 e. The van der Waals surface area contributed by atoms with E-state index in [-0.39, 0.29) is 0 Å². The minimum atomic E-state index is 0.651. The first-order valence-electron chi connectivity index (χ1n) is 10.1. The van der Waals surface area contributed by atoms with Gasteiger partial charge in [0.15, 0.2) is 5.96 Å². The highest BCUT2D eigenvalue weighted by atomic mass is 16.5. The number of methoxy groups -OCH3 is 1. The molecule has 0 aliphatic carbocycles. The number of ether oxygens (including phenoxy) is 2. The summed E-state index contributed by atoms with van der Waals surface area (Å²) in [6.07, 6.45) is 0. The van der Waals surface area contributed by atoms with Gasteiger partial charge in [-0.1, -0.05) is 36.4 Å². The summed E-state index contributed by atoms with van der Waals surface area (Å²) in [5.41, 5.74) is 4.92. The minimum Gasteiger partial charge on any atom is -0.496 e. The molecule has 1 heterocycles. The van der Waals surface area contributed by atoms with Crippen LogP contribution in [0.1, 0.15) is 22.3 Å². The summed E-state index contributed by atoms with van der Waals surface area (Å²) in [7, 11) is 3.50. The highest BCUT2D eigenvalue weighted by Crippen LogP contribution is 2.19. The molecule has 0 atom stereocenters. The van der Waals surface area contributed by atoms with E-state index < -0.39 is 0 Å². The van der Waals surface area contributed by atoms with E-state index in [0.717, 1.165) is 56.7 Å². The van der Waals surface area contributed by atoms with Crippen molar-refractivity contribution in [1.82, 2.24) is 15.5 Å². The van der Waals surface area contributed by atoms with Crippen LogP contribution in [-0.4, -0.2) is 51.3 Å². The van der Waals surface area contributed by atoms with Gasteiger partial charge < -0.3 is 20.1 Å². The third kappa shape index (κ3) is 6.21. The number of aryl methyl sites for hydroxylation is 1. The molecule has 156 valence electrons. The molecule has 29 heavy (non-hydrogen) atoms. The molecule has 0 spiro atoms. The van der Waals surface area contributed by atoms with Crippen LogP contribution in [0.25, 0.3) is 0 Å². The lowest BCUT2D eigenvalue weighted by atomic mass is 10.1. The van der Waals surface area contributed by atoms with E-state index >= 15 is 0 Å². The number of hydrogen-bond donors (Lipinski definition) is 2. The lowest BCUT2D eigenvalue weighted by Crippen LogP contribution is -2.37. The summed E-state index contributed by atoms with van der Waals surface area (Å²) in [6, 6.07) is 14.8. The summed E-state index contributed by atoms with van der Waals surface area (Å²) >= 11 is 0. The number of hydrogen-bond acceptors (Lipinski definition) is 4. The van der Waals surface area contributed by atoms with Crippen molar-refractivity contribution in [3.63, 3.8) is 0 Å². The van der Waals surface area contributed by atoms with E-state index in [0.29, 0.717) is 6.54 Å². The van der Waals surface area contributed by atoms with E-state index in [9.17, 15) is 0 Å². The molecular formula is C23H32N4O2. The first kappa shape index (κ1) is 21.1. The molecule has 6 nitrogen and oxygen atoms in total. The van der Waals surface area contributed by atoms with Gasteiger partial charge in [-0.3, -0.25) is 9.89 Å². The summed E-state index contributed by atoms with van der Waals surface area (Å²) < 4.78 is 11.0. The van der Waals surface area contributed by atoms with E-state index in [4.69, 9.17) is 9.47 Å². The van der Waals surface area contributed by atoms with Crippen LogP contribution < -0.4 is 15.4 Å². The van der Waals surface area contributed by atoms with Gasteiger partial charge in [-0.2, -0.15) is 0 Å². The van der Waals surface area contributed by atoms with Crippen molar-refractivity contribution in [3.8, 4) is 5.75 Å². The number of aliphatic imine (C=N–C) groups is 1. The zero-order valence-corrected chi connectivity index (χ0v) is 17.7. The quantitative estimate of drug-likeness (QED) is 0.557. The molecule has 3 rings (SSSR count). The van der Waals surface area contributed by atoms with Crippen molar-refractivity contribution >= 4 is 5.96 Å². The Morgan fingerprint density at radius 2 is 1.72 bits per heavy atom. The average molecular weight is 397 g/mol. The third-order valence-electron chi connectivity index (χ3n) is 5.17. The highest BCUT2D eigenvalue weighted by Gasteiger charge is 2.13. The highest BCUT2D eigenvalue weighted by molar-refractivity contribution is 5.79. The number of morpholine rings is 1. The Bertz CT molecular complexity index is 816. The van der Waals surface area contributed by atoms with Crippen molar-refractivity contribution < 1.29 is 9.47 Å². The fraction of sp³-hybridized carbons (Fsp3) is 0.435. The van der Waals surface area contributed by atoms with Crippen molar-refractivity contribution in [2.45, 2.75) is 26.6 Å². The molecule has 2 N–H and O–H groups in total. The molecule has 2 aromatic carbocycles. The van der Waals surface area contributed by atoms with Gasteiger partial charge in [0.2, 0.25) is 0 Å². The summed E-state index contributed by atoms with van der Waals surface area (Å²) in [5, 5.41) is 6.82. The standard InChI is InChI=1S/C23H32N4O2/c1-18-8-9-20(22(14-18)28-3)16-26-23(24-2)25-15-19-6-4-5-7-21(19)17-27-10-12-29-13-11-27/h4-9,14H,10-13,15-17H2,1-3H3,(H2,24,25,26). The van der Waals surface area contributed by atoms with Crippen LogP contribution in [-0.2, 0) is 24.4 Å². The Hall–Kier alpha value is -2.57. The number of guanidine groups is 1. The molecule has 0 bridgehead atoms. The normalized spacial score (nSPS) is 15.2. The second-order valence-electron chi connectivity index (χ2n) is 7.25. The molecule has 2 aromatic rings. The third-order valence-corrected chi connectivity index (χ3v) is 5.17. The van der Waals surface area contributed by atoms with Crippen molar-refractivity contribution in [2.24, 2.45) is 4.99 Å². The van der Waals surface area contributed by atoms with Crippen LogP contribution in [0, 0.1) is 6.92 Å². The Balaban J connectivity index is 1.57. The number of benzene rings is 2. The first-order valence-corrected chi connectivity index (χ1v) is 10.1. The van der Waals surface area contributed by atoms with Crippen LogP contribution in [0.5, 0.6) is 5.75 Å². The molecule has 0 amide bonds. The molecule has 0 unspecified atom stereocenters. The average Bonchev–Trinajstić information content (AvgIpc) is 2.76. The molecule has 0 radical (unpaired) electrons. The zero-order chi connectivity index (χ0) is 20.5. The second kappa shape index (κ2) is 10.8. The molecule has 6 heteroatoms. The van der Waals surface area contributed by atoms with Crippen molar-refractivity contribution in [1.29, 1.82) is 0 Å². The zero-order valence-electron chi connectivity index (χ0n) is 17.7. The number of nitrogens with one attached hydrogen (secondary N) is 2. The molecule has 1 aliphatic rings. The number of rotatable bonds is 7. The SMILES string of the molecule is CN=C(NCc1ccccc1CN1CCOCC1)NCc1ccc(C)cc1OC. The first-order chi connectivity index (χ1) is 14.2. The van der Waals surface area contributed by atoms with Crippen LogP contribution in [0.3, 0.4) is 0 Å². The summed E-state index contributed by atoms with van der Waals surface area (Å²) in [5.74, 6) is 1.66. The molecule has 1 fully saturated rings. The van der Waals surface area contributed by atoms with Gasteiger partial charge in [0.1, 0.15) is 5.75 Å². The molecular weight excluding hydrogens is 364 g/mol. The predicted octanol–water partition coefficient (Wildman–Crippen LogP) is 2.70. The van der Waals surface area contributed by atoms with Gasteiger partial charge in [0, 0.05) is 45.3 Å².